The van der Waals surface area contributed by atoms with Crippen LogP contribution in [0.1, 0.15) is 0 Å². The highest BCUT2D eigenvalue weighted by atomic mass is 79.9. The van der Waals surface area contributed by atoms with Crippen LogP contribution in [-0.2, 0) is 0 Å². The molecule has 0 aliphatic carbocycles. The lowest BCUT2D eigenvalue weighted by Gasteiger charge is -2.11. The van der Waals surface area contributed by atoms with Gasteiger partial charge in [-0.2, -0.15) is 0 Å². The number of halogens is 1. The molecule has 4 aromatic rings. The molecule has 0 bridgehead atoms. The SMILES string of the molecule is O=[N+]([O-])c1ccc2nc(-c3ccccc3Br)cc(-c3ccccc3)c2c1. The Labute approximate surface area is 158 Å². The van der Waals surface area contributed by atoms with E-state index >= 15 is 0 Å². The summed E-state index contributed by atoms with van der Waals surface area (Å²) in [7, 11) is 0. The molecule has 1 aromatic heterocycles. The molecule has 0 N–H and O–H groups in total. The van der Waals surface area contributed by atoms with E-state index in [-0.39, 0.29) is 10.6 Å². The monoisotopic (exact) mass is 404 g/mol. The number of non-ortho nitro benzene ring substituents is 1. The first-order chi connectivity index (χ1) is 12.6. The Bertz CT molecular complexity index is 1130. The number of rotatable bonds is 3. The van der Waals surface area contributed by atoms with Gasteiger partial charge in [0.2, 0.25) is 0 Å². The van der Waals surface area contributed by atoms with Crippen molar-refractivity contribution in [2.24, 2.45) is 0 Å². The first-order valence-corrected chi connectivity index (χ1v) is 8.82. The third-order valence-electron chi connectivity index (χ3n) is 4.24. The molecular formula is C21H13BrN2O2. The van der Waals surface area contributed by atoms with Crippen LogP contribution in [0.25, 0.3) is 33.3 Å². The number of nitro benzene ring substituents is 1. The van der Waals surface area contributed by atoms with Crippen molar-refractivity contribution in [1.82, 2.24) is 4.98 Å². The molecule has 0 saturated carbocycles. The molecule has 1 heterocycles. The average molecular weight is 405 g/mol. The first-order valence-electron chi connectivity index (χ1n) is 8.03. The molecule has 0 saturated heterocycles. The minimum atomic E-state index is -0.379. The summed E-state index contributed by atoms with van der Waals surface area (Å²) in [5.74, 6) is 0. The first kappa shape index (κ1) is 16.4. The molecule has 0 fully saturated rings. The lowest BCUT2D eigenvalue weighted by molar-refractivity contribution is -0.384. The van der Waals surface area contributed by atoms with Gasteiger partial charge in [0.15, 0.2) is 0 Å². The van der Waals surface area contributed by atoms with Crippen LogP contribution >= 0.6 is 15.9 Å². The fourth-order valence-corrected chi connectivity index (χ4v) is 3.48. The van der Waals surface area contributed by atoms with Crippen LogP contribution in [0, 0.1) is 10.1 Å². The molecule has 0 radical (unpaired) electrons. The Hall–Kier alpha value is -3.05. The number of hydrogen-bond acceptors (Lipinski definition) is 3. The van der Waals surface area contributed by atoms with Crippen molar-refractivity contribution >= 4 is 32.5 Å². The third-order valence-corrected chi connectivity index (χ3v) is 4.93. The number of fused-ring (bicyclic) bond motifs is 1. The summed E-state index contributed by atoms with van der Waals surface area (Å²) in [5, 5.41) is 12.0. The quantitative estimate of drug-likeness (QED) is 0.300. The Kier molecular flexibility index (Phi) is 4.22. The van der Waals surface area contributed by atoms with Crippen LogP contribution in [0.15, 0.2) is 83.3 Å². The van der Waals surface area contributed by atoms with Crippen molar-refractivity contribution in [1.29, 1.82) is 0 Å². The summed E-state index contributed by atoms with van der Waals surface area (Å²) in [5.41, 5.74) is 4.49. The topological polar surface area (TPSA) is 56.0 Å². The van der Waals surface area contributed by atoms with Crippen LogP contribution in [0.2, 0.25) is 0 Å². The summed E-state index contributed by atoms with van der Waals surface area (Å²) >= 11 is 3.58. The van der Waals surface area contributed by atoms with E-state index in [0.717, 1.165) is 37.8 Å². The predicted molar refractivity (Wildman–Crippen MR) is 107 cm³/mol. The molecule has 126 valence electrons. The molecule has 5 heteroatoms. The van der Waals surface area contributed by atoms with Crippen molar-refractivity contribution in [3.05, 3.63) is 93.4 Å². The van der Waals surface area contributed by atoms with Gasteiger partial charge >= 0.3 is 0 Å². The van der Waals surface area contributed by atoms with E-state index in [4.69, 9.17) is 4.98 Å². The molecule has 0 unspecified atom stereocenters. The van der Waals surface area contributed by atoms with Crippen molar-refractivity contribution < 1.29 is 4.92 Å². The molecule has 0 aliphatic heterocycles. The van der Waals surface area contributed by atoms with Gasteiger partial charge in [0.1, 0.15) is 0 Å². The highest BCUT2D eigenvalue weighted by Gasteiger charge is 2.14. The maximum Gasteiger partial charge on any atom is 0.270 e. The summed E-state index contributed by atoms with van der Waals surface area (Å²) in [4.78, 5) is 15.6. The van der Waals surface area contributed by atoms with Crippen LogP contribution in [0.4, 0.5) is 5.69 Å². The van der Waals surface area contributed by atoms with E-state index in [1.807, 2.05) is 60.7 Å². The summed E-state index contributed by atoms with van der Waals surface area (Å²) < 4.78 is 0.952. The molecule has 4 rings (SSSR count). The van der Waals surface area contributed by atoms with E-state index < -0.39 is 0 Å². The van der Waals surface area contributed by atoms with E-state index in [2.05, 4.69) is 15.9 Å². The average Bonchev–Trinajstić information content (AvgIpc) is 2.67. The zero-order valence-corrected chi connectivity index (χ0v) is 15.2. The lowest BCUT2D eigenvalue weighted by atomic mass is 9.98. The summed E-state index contributed by atoms with van der Waals surface area (Å²) in [6.45, 7) is 0. The van der Waals surface area contributed by atoms with E-state index in [1.165, 1.54) is 6.07 Å². The number of nitrogens with zero attached hydrogens (tertiary/aromatic N) is 2. The highest BCUT2D eigenvalue weighted by Crippen LogP contribution is 2.35. The Morgan fingerprint density at radius 2 is 1.58 bits per heavy atom. The van der Waals surface area contributed by atoms with Crippen LogP contribution in [-0.4, -0.2) is 9.91 Å². The fourth-order valence-electron chi connectivity index (χ4n) is 2.99. The van der Waals surface area contributed by atoms with Gasteiger partial charge in [0, 0.05) is 27.6 Å². The molecule has 26 heavy (non-hydrogen) atoms. The second-order valence-corrected chi connectivity index (χ2v) is 6.71. The molecule has 0 amide bonds. The van der Waals surface area contributed by atoms with E-state index in [0.29, 0.717) is 0 Å². The smallest absolute Gasteiger partial charge is 0.258 e. The van der Waals surface area contributed by atoms with Crippen molar-refractivity contribution in [2.75, 3.05) is 0 Å². The van der Waals surface area contributed by atoms with Gasteiger partial charge in [-0.3, -0.25) is 10.1 Å². The minimum absolute atomic E-state index is 0.0603. The largest absolute Gasteiger partial charge is 0.270 e. The predicted octanol–water partition coefficient (Wildman–Crippen LogP) is 6.24. The molecule has 0 spiro atoms. The van der Waals surface area contributed by atoms with Gasteiger partial charge in [-0.05, 0) is 29.3 Å². The van der Waals surface area contributed by atoms with Crippen molar-refractivity contribution in [3.63, 3.8) is 0 Å². The van der Waals surface area contributed by atoms with Gasteiger partial charge < -0.3 is 0 Å². The molecular weight excluding hydrogens is 392 g/mol. The zero-order chi connectivity index (χ0) is 18.1. The van der Waals surface area contributed by atoms with Gasteiger partial charge in [-0.1, -0.05) is 64.5 Å². The standard InChI is InChI=1S/C21H13BrN2O2/c22-19-9-5-4-8-16(19)21-13-17(14-6-2-1-3-7-14)18-12-15(24(25)26)10-11-20(18)23-21/h1-13H. The molecule has 4 nitrogen and oxygen atoms in total. The Morgan fingerprint density at radius 1 is 0.846 bits per heavy atom. The van der Waals surface area contributed by atoms with Crippen LogP contribution < -0.4 is 0 Å². The van der Waals surface area contributed by atoms with E-state index in [9.17, 15) is 10.1 Å². The van der Waals surface area contributed by atoms with E-state index in [1.54, 1.807) is 12.1 Å². The maximum atomic E-state index is 11.2. The van der Waals surface area contributed by atoms with Gasteiger partial charge in [-0.25, -0.2) is 4.98 Å². The van der Waals surface area contributed by atoms with Gasteiger partial charge in [0.05, 0.1) is 16.1 Å². The van der Waals surface area contributed by atoms with Gasteiger partial charge in [0.25, 0.3) is 5.69 Å². The minimum Gasteiger partial charge on any atom is -0.258 e. The number of pyridine rings is 1. The normalized spacial score (nSPS) is 10.8. The van der Waals surface area contributed by atoms with Crippen LogP contribution in [0.5, 0.6) is 0 Å². The fraction of sp³-hybridized carbons (Fsp3) is 0. The molecule has 0 aliphatic rings. The lowest BCUT2D eigenvalue weighted by Crippen LogP contribution is -1.93. The highest BCUT2D eigenvalue weighted by molar-refractivity contribution is 9.10. The second-order valence-electron chi connectivity index (χ2n) is 5.86. The number of nitro groups is 1. The Balaban J connectivity index is 2.05. The van der Waals surface area contributed by atoms with Crippen LogP contribution in [0.3, 0.4) is 0 Å². The third kappa shape index (κ3) is 2.97. The maximum absolute atomic E-state index is 11.2. The number of hydrogen-bond donors (Lipinski definition) is 0. The molecule has 0 atom stereocenters. The van der Waals surface area contributed by atoms with Crippen molar-refractivity contribution in [3.8, 4) is 22.4 Å². The second kappa shape index (κ2) is 6.69. The Morgan fingerprint density at radius 3 is 2.31 bits per heavy atom. The summed E-state index contributed by atoms with van der Waals surface area (Å²) in [6.07, 6.45) is 0. The molecule has 3 aromatic carbocycles. The van der Waals surface area contributed by atoms with Gasteiger partial charge in [-0.15, -0.1) is 0 Å². The number of aromatic nitrogens is 1. The zero-order valence-electron chi connectivity index (χ0n) is 13.6. The number of benzene rings is 3. The van der Waals surface area contributed by atoms with Crippen molar-refractivity contribution in [2.45, 2.75) is 0 Å². The summed E-state index contributed by atoms with van der Waals surface area (Å²) in [6, 6.07) is 24.5.